The number of nitrogens with zero attached hydrogens (tertiary/aromatic N) is 2. The number of benzene rings is 2. The lowest BCUT2D eigenvalue weighted by molar-refractivity contribution is 0.0256. The summed E-state index contributed by atoms with van der Waals surface area (Å²) >= 11 is 0. The van der Waals surface area contributed by atoms with Gasteiger partial charge in [0.1, 0.15) is 11.9 Å². The van der Waals surface area contributed by atoms with E-state index in [2.05, 4.69) is 22.0 Å². The van der Waals surface area contributed by atoms with Crippen LogP contribution in [0.25, 0.3) is 22.2 Å². The second-order valence-electron chi connectivity index (χ2n) is 11.6. The lowest BCUT2D eigenvalue weighted by atomic mass is 9.92. The topological polar surface area (TPSA) is 82.0 Å². The molecule has 0 atom stereocenters. The summed E-state index contributed by atoms with van der Waals surface area (Å²) in [5, 5.41) is 3.75. The Kier molecular flexibility index (Phi) is 7.45. The van der Waals surface area contributed by atoms with E-state index in [0.29, 0.717) is 17.8 Å². The number of hydrogen-bond acceptors (Lipinski definition) is 5. The molecule has 0 radical (unpaired) electrons. The van der Waals surface area contributed by atoms with Crippen molar-refractivity contribution < 1.29 is 23.8 Å². The van der Waals surface area contributed by atoms with Crippen LogP contribution in [-0.2, 0) is 9.47 Å². The molecule has 1 aromatic heterocycles. The Morgan fingerprint density at radius 3 is 2.35 bits per heavy atom. The van der Waals surface area contributed by atoms with Gasteiger partial charge in [0.25, 0.3) is 5.91 Å². The molecule has 1 N–H and O–H groups in total. The highest BCUT2D eigenvalue weighted by molar-refractivity contribution is 6.13. The lowest BCUT2D eigenvalue weighted by Crippen LogP contribution is -2.29. The molecule has 212 valence electrons. The summed E-state index contributed by atoms with van der Waals surface area (Å²) in [5.41, 5.74) is 4.33. The summed E-state index contributed by atoms with van der Waals surface area (Å²) in [7, 11) is 1.92. The first-order chi connectivity index (χ1) is 19.4. The van der Waals surface area contributed by atoms with Crippen LogP contribution in [0.4, 0.5) is 10.5 Å². The van der Waals surface area contributed by atoms with E-state index in [-0.39, 0.29) is 18.1 Å². The quantitative estimate of drug-likeness (QED) is 0.337. The summed E-state index contributed by atoms with van der Waals surface area (Å²) in [6.45, 7) is 5.09. The molecule has 2 aliphatic carbocycles. The minimum absolute atomic E-state index is 0.0568. The van der Waals surface area contributed by atoms with Gasteiger partial charge in [-0.25, -0.2) is 4.79 Å². The summed E-state index contributed by atoms with van der Waals surface area (Å²) < 4.78 is 19.5. The maximum Gasteiger partial charge on any atom is 0.411 e. The Morgan fingerprint density at radius 2 is 1.73 bits per heavy atom. The Bertz CT molecular complexity index is 1380. The fourth-order valence-electron chi connectivity index (χ4n) is 5.75. The highest BCUT2D eigenvalue weighted by atomic mass is 16.6. The second-order valence-corrected chi connectivity index (χ2v) is 11.6. The standard InChI is InChI=1S/C32H39N3O5/c1-20(2)39-32(37)33-22-9-7-21(8-10-22)30-29(31(36)34(3)23-11-12-23)27-14-13-26(40-25-15-17-38-18-16-25)19-28(27)35(30)24-5-4-6-24/h7-10,13-14,19-20,23-25H,4-6,11-12,15-18H2,1-3H3,(H,33,37). The van der Waals surface area contributed by atoms with E-state index in [1.54, 1.807) is 0 Å². The summed E-state index contributed by atoms with van der Waals surface area (Å²) in [6, 6.07) is 14.5. The van der Waals surface area contributed by atoms with Gasteiger partial charge in [0.2, 0.25) is 0 Å². The van der Waals surface area contributed by atoms with Crippen molar-refractivity contribution in [2.75, 3.05) is 25.6 Å². The maximum atomic E-state index is 14.1. The number of amides is 2. The van der Waals surface area contributed by atoms with Gasteiger partial charge in [-0.2, -0.15) is 0 Å². The zero-order valence-corrected chi connectivity index (χ0v) is 23.7. The molecule has 3 fully saturated rings. The van der Waals surface area contributed by atoms with Crippen LogP contribution in [0, 0.1) is 0 Å². The average Bonchev–Trinajstić information content (AvgIpc) is 3.71. The van der Waals surface area contributed by atoms with Gasteiger partial charge in [0.15, 0.2) is 0 Å². The molecule has 8 nitrogen and oxygen atoms in total. The molecule has 2 saturated carbocycles. The molecule has 6 rings (SSSR count). The molecule has 3 aliphatic rings. The van der Waals surface area contributed by atoms with E-state index in [9.17, 15) is 9.59 Å². The highest BCUT2D eigenvalue weighted by Crippen LogP contribution is 2.45. The lowest BCUT2D eigenvalue weighted by Gasteiger charge is -2.31. The molecule has 1 aliphatic heterocycles. The molecular formula is C32H39N3O5. The van der Waals surface area contributed by atoms with Gasteiger partial charge < -0.3 is 23.7 Å². The SMILES string of the molecule is CC(C)OC(=O)Nc1ccc(-c2c(C(=O)N(C)C3CC3)c3ccc(OC4CCOCC4)cc3n2C2CCC2)cc1. The van der Waals surface area contributed by atoms with E-state index < -0.39 is 6.09 Å². The molecule has 3 aromatic rings. The van der Waals surface area contributed by atoms with E-state index in [1.807, 2.05) is 56.1 Å². The Morgan fingerprint density at radius 1 is 1.00 bits per heavy atom. The zero-order chi connectivity index (χ0) is 27.8. The molecule has 0 spiro atoms. The van der Waals surface area contributed by atoms with Crippen molar-refractivity contribution in [3.8, 4) is 17.0 Å². The van der Waals surface area contributed by atoms with Crippen molar-refractivity contribution >= 4 is 28.6 Å². The zero-order valence-electron chi connectivity index (χ0n) is 23.7. The number of rotatable bonds is 8. The third-order valence-corrected chi connectivity index (χ3v) is 8.26. The number of carbonyl (C=O) groups excluding carboxylic acids is 2. The number of nitrogens with one attached hydrogen (secondary N) is 1. The number of carbonyl (C=O) groups is 2. The normalized spacial score (nSPS) is 18.0. The van der Waals surface area contributed by atoms with Crippen molar-refractivity contribution in [2.24, 2.45) is 0 Å². The Balaban J connectivity index is 1.43. The third kappa shape index (κ3) is 5.42. The predicted molar refractivity (Wildman–Crippen MR) is 155 cm³/mol. The van der Waals surface area contributed by atoms with Gasteiger partial charge in [-0.3, -0.25) is 10.1 Å². The van der Waals surface area contributed by atoms with Gasteiger partial charge in [-0.1, -0.05) is 12.1 Å². The first-order valence-corrected chi connectivity index (χ1v) is 14.7. The van der Waals surface area contributed by atoms with E-state index in [1.165, 1.54) is 6.42 Å². The second kappa shape index (κ2) is 11.2. The largest absolute Gasteiger partial charge is 0.490 e. The molecule has 0 unspecified atom stereocenters. The summed E-state index contributed by atoms with van der Waals surface area (Å²) in [4.78, 5) is 28.1. The molecule has 8 heteroatoms. The molecule has 2 amide bonds. The molecule has 2 heterocycles. The first-order valence-electron chi connectivity index (χ1n) is 14.7. The van der Waals surface area contributed by atoms with Gasteiger partial charge in [0.05, 0.1) is 36.1 Å². The summed E-state index contributed by atoms with van der Waals surface area (Å²) in [6.07, 6.45) is 6.66. The van der Waals surface area contributed by atoms with E-state index >= 15 is 0 Å². The first kappa shape index (κ1) is 26.7. The monoisotopic (exact) mass is 545 g/mol. The molecule has 2 aromatic carbocycles. The van der Waals surface area contributed by atoms with Gasteiger partial charge in [-0.05, 0) is 75.8 Å². The number of hydrogen-bond donors (Lipinski definition) is 1. The van der Waals surface area contributed by atoms with Gasteiger partial charge in [0, 0.05) is 49.1 Å². The van der Waals surface area contributed by atoms with Crippen LogP contribution in [0.1, 0.15) is 75.2 Å². The van der Waals surface area contributed by atoms with Gasteiger partial charge in [-0.15, -0.1) is 0 Å². The van der Waals surface area contributed by atoms with Gasteiger partial charge >= 0.3 is 6.09 Å². The van der Waals surface area contributed by atoms with Crippen molar-refractivity contribution in [3.63, 3.8) is 0 Å². The van der Waals surface area contributed by atoms with Crippen molar-refractivity contribution in [1.29, 1.82) is 0 Å². The van der Waals surface area contributed by atoms with Crippen LogP contribution in [0.3, 0.4) is 0 Å². The van der Waals surface area contributed by atoms with E-state index in [4.69, 9.17) is 14.2 Å². The number of ether oxygens (including phenoxy) is 3. The van der Waals surface area contributed by atoms with Crippen molar-refractivity contribution in [2.45, 2.75) is 83.1 Å². The minimum atomic E-state index is -0.481. The van der Waals surface area contributed by atoms with Crippen LogP contribution in [0.5, 0.6) is 5.75 Å². The molecular weight excluding hydrogens is 506 g/mol. The number of aromatic nitrogens is 1. The fraction of sp³-hybridized carbons (Fsp3) is 0.500. The third-order valence-electron chi connectivity index (χ3n) is 8.26. The summed E-state index contributed by atoms with van der Waals surface area (Å²) in [5.74, 6) is 0.892. The molecule has 0 bridgehead atoms. The van der Waals surface area contributed by atoms with Crippen molar-refractivity contribution in [3.05, 3.63) is 48.0 Å². The van der Waals surface area contributed by atoms with Crippen LogP contribution in [-0.4, -0.2) is 60.0 Å². The Labute approximate surface area is 235 Å². The Hall–Kier alpha value is -3.52. The number of anilines is 1. The van der Waals surface area contributed by atoms with E-state index in [0.717, 1.165) is 85.2 Å². The van der Waals surface area contributed by atoms with Crippen LogP contribution in [0.2, 0.25) is 0 Å². The molecule has 40 heavy (non-hydrogen) atoms. The van der Waals surface area contributed by atoms with Crippen molar-refractivity contribution in [1.82, 2.24) is 9.47 Å². The maximum absolute atomic E-state index is 14.1. The fourth-order valence-corrected chi connectivity index (χ4v) is 5.75. The van der Waals surface area contributed by atoms with Crippen LogP contribution >= 0.6 is 0 Å². The van der Waals surface area contributed by atoms with Crippen LogP contribution in [0.15, 0.2) is 42.5 Å². The highest BCUT2D eigenvalue weighted by Gasteiger charge is 2.36. The smallest absolute Gasteiger partial charge is 0.411 e. The predicted octanol–water partition coefficient (Wildman–Crippen LogP) is 6.78. The molecule has 1 saturated heterocycles. The number of fused-ring (bicyclic) bond motifs is 1. The minimum Gasteiger partial charge on any atom is -0.490 e. The van der Waals surface area contributed by atoms with Crippen LogP contribution < -0.4 is 10.1 Å². The average molecular weight is 546 g/mol.